The van der Waals surface area contributed by atoms with E-state index < -0.39 is 0 Å². The molecule has 1 aromatic carbocycles. The molecule has 0 spiro atoms. The second-order valence-electron chi connectivity index (χ2n) is 6.87. The summed E-state index contributed by atoms with van der Waals surface area (Å²) in [5.74, 6) is 2.29. The molecule has 4 nitrogen and oxygen atoms in total. The van der Waals surface area contributed by atoms with Crippen LogP contribution in [0.2, 0.25) is 0 Å². The van der Waals surface area contributed by atoms with Crippen LogP contribution in [0.15, 0.2) is 30.3 Å². The van der Waals surface area contributed by atoms with Crippen molar-refractivity contribution in [1.82, 2.24) is 16.0 Å². The molecule has 23 heavy (non-hydrogen) atoms. The lowest BCUT2D eigenvalue weighted by molar-refractivity contribution is 0.230. The Morgan fingerprint density at radius 1 is 1.26 bits per heavy atom. The molecule has 2 rings (SSSR count). The van der Waals surface area contributed by atoms with Gasteiger partial charge in [-0.3, -0.25) is 0 Å². The van der Waals surface area contributed by atoms with Gasteiger partial charge < -0.3 is 16.0 Å². The molecule has 2 amide bonds. The Bertz CT molecular complexity index is 486. The molecule has 0 aliphatic carbocycles. The predicted molar refractivity (Wildman–Crippen MR) is 99.0 cm³/mol. The molecule has 5 heteroatoms. The Morgan fingerprint density at radius 2 is 1.91 bits per heavy atom. The standard InChI is InChI=1S/C18H29N3OS/c1-14(15-7-5-4-6-8-15)21-18(2,3)13-19-17(22)20-16-9-11-23-12-10-16/h4-8,14,16,21H,9-13H2,1-3H3,(H2,19,20,22)/t14-/m1/s1. The molecule has 1 aliphatic heterocycles. The van der Waals surface area contributed by atoms with Gasteiger partial charge in [0.2, 0.25) is 0 Å². The quantitative estimate of drug-likeness (QED) is 0.747. The number of benzene rings is 1. The third kappa shape index (κ3) is 6.43. The van der Waals surface area contributed by atoms with Gasteiger partial charge in [0.05, 0.1) is 0 Å². The fourth-order valence-electron chi connectivity index (χ4n) is 2.84. The zero-order valence-corrected chi connectivity index (χ0v) is 15.2. The highest BCUT2D eigenvalue weighted by Gasteiger charge is 2.22. The number of nitrogens with one attached hydrogen (secondary N) is 3. The van der Waals surface area contributed by atoms with Crippen LogP contribution in [0.4, 0.5) is 4.79 Å². The Hall–Kier alpha value is -1.20. The predicted octanol–water partition coefficient (Wildman–Crippen LogP) is 3.31. The topological polar surface area (TPSA) is 53.2 Å². The molecule has 1 aliphatic rings. The molecule has 0 unspecified atom stereocenters. The molecular weight excluding hydrogens is 306 g/mol. The van der Waals surface area contributed by atoms with Crippen molar-refractivity contribution in [2.75, 3.05) is 18.1 Å². The van der Waals surface area contributed by atoms with Crippen LogP contribution in [0, 0.1) is 0 Å². The summed E-state index contributed by atoms with van der Waals surface area (Å²) >= 11 is 1.97. The average molecular weight is 336 g/mol. The molecule has 1 aromatic rings. The van der Waals surface area contributed by atoms with Crippen LogP contribution in [0.3, 0.4) is 0 Å². The number of rotatable bonds is 6. The number of hydrogen-bond acceptors (Lipinski definition) is 3. The number of hydrogen-bond donors (Lipinski definition) is 3. The van der Waals surface area contributed by atoms with E-state index in [1.807, 2.05) is 17.8 Å². The highest BCUT2D eigenvalue weighted by molar-refractivity contribution is 7.99. The summed E-state index contributed by atoms with van der Waals surface area (Å²) < 4.78 is 0. The summed E-state index contributed by atoms with van der Waals surface area (Å²) in [4.78, 5) is 12.1. The minimum absolute atomic E-state index is 0.0517. The minimum Gasteiger partial charge on any atom is -0.336 e. The fraction of sp³-hybridized carbons (Fsp3) is 0.611. The molecule has 0 radical (unpaired) electrons. The highest BCUT2D eigenvalue weighted by Crippen LogP contribution is 2.17. The number of carbonyl (C=O) groups is 1. The first-order valence-electron chi connectivity index (χ1n) is 8.41. The van der Waals surface area contributed by atoms with Gasteiger partial charge in [-0.1, -0.05) is 30.3 Å². The van der Waals surface area contributed by atoms with E-state index in [1.54, 1.807) is 0 Å². The molecule has 3 N–H and O–H groups in total. The molecule has 1 fully saturated rings. The van der Waals surface area contributed by atoms with Gasteiger partial charge in [-0.2, -0.15) is 11.8 Å². The maximum absolute atomic E-state index is 12.1. The van der Waals surface area contributed by atoms with E-state index in [0.717, 1.165) is 24.3 Å². The fourth-order valence-corrected chi connectivity index (χ4v) is 3.95. The van der Waals surface area contributed by atoms with Gasteiger partial charge in [-0.15, -0.1) is 0 Å². The second kappa shape index (κ2) is 8.60. The van der Waals surface area contributed by atoms with Crippen molar-refractivity contribution < 1.29 is 4.79 Å². The van der Waals surface area contributed by atoms with Crippen LogP contribution in [-0.2, 0) is 0 Å². The lowest BCUT2D eigenvalue weighted by Crippen LogP contribution is -2.53. The summed E-state index contributed by atoms with van der Waals surface area (Å²) in [6, 6.07) is 10.9. The van der Waals surface area contributed by atoms with Gasteiger partial charge in [0, 0.05) is 24.2 Å². The van der Waals surface area contributed by atoms with Gasteiger partial charge in [0.15, 0.2) is 0 Å². The molecule has 1 saturated heterocycles. The number of amides is 2. The minimum atomic E-state index is -0.172. The van der Waals surface area contributed by atoms with Gasteiger partial charge in [-0.05, 0) is 50.7 Å². The number of thioether (sulfide) groups is 1. The van der Waals surface area contributed by atoms with Crippen molar-refractivity contribution in [3.63, 3.8) is 0 Å². The first-order chi connectivity index (χ1) is 11.0. The van der Waals surface area contributed by atoms with Crippen LogP contribution in [0.5, 0.6) is 0 Å². The molecule has 1 atom stereocenters. The van der Waals surface area contributed by atoms with E-state index in [0.29, 0.717) is 12.6 Å². The molecule has 0 aromatic heterocycles. The van der Waals surface area contributed by atoms with Gasteiger partial charge in [0.1, 0.15) is 0 Å². The van der Waals surface area contributed by atoms with Gasteiger partial charge in [-0.25, -0.2) is 4.79 Å². The van der Waals surface area contributed by atoms with E-state index in [2.05, 4.69) is 61.0 Å². The molecular formula is C18H29N3OS. The monoisotopic (exact) mass is 335 g/mol. The smallest absolute Gasteiger partial charge is 0.315 e. The van der Waals surface area contributed by atoms with E-state index >= 15 is 0 Å². The van der Waals surface area contributed by atoms with Crippen molar-refractivity contribution in [3.8, 4) is 0 Å². The largest absolute Gasteiger partial charge is 0.336 e. The van der Waals surface area contributed by atoms with Gasteiger partial charge >= 0.3 is 6.03 Å². The Kier molecular flexibility index (Phi) is 6.78. The Morgan fingerprint density at radius 3 is 2.57 bits per heavy atom. The van der Waals surface area contributed by atoms with E-state index in [4.69, 9.17) is 0 Å². The van der Waals surface area contributed by atoms with E-state index in [1.165, 1.54) is 5.56 Å². The van der Waals surface area contributed by atoms with Crippen LogP contribution >= 0.6 is 11.8 Å². The van der Waals surface area contributed by atoms with Crippen LogP contribution < -0.4 is 16.0 Å². The molecule has 0 bridgehead atoms. The van der Waals surface area contributed by atoms with Crippen LogP contribution in [0.25, 0.3) is 0 Å². The number of urea groups is 1. The first-order valence-corrected chi connectivity index (χ1v) is 9.56. The summed E-state index contributed by atoms with van der Waals surface area (Å²) in [5, 5.41) is 9.68. The second-order valence-corrected chi connectivity index (χ2v) is 8.10. The third-order valence-corrected chi connectivity index (χ3v) is 5.20. The van der Waals surface area contributed by atoms with Crippen molar-refractivity contribution in [1.29, 1.82) is 0 Å². The molecule has 1 heterocycles. The average Bonchev–Trinajstić information content (AvgIpc) is 2.54. The summed E-state index contributed by atoms with van der Waals surface area (Å²) in [6.07, 6.45) is 2.15. The van der Waals surface area contributed by atoms with Crippen molar-refractivity contribution in [2.24, 2.45) is 0 Å². The van der Waals surface area contributed by atoms with Crippen molar-refractivity contribution in [3.05, 3.63) is 35.9 Å². The lowest BCUT2D eigenvalue weighted by atomic mass is 10.0. The Labute approximate surface area is 144 Å². The maximum atomic E-state index is 12.1. The Balaban J connectivity index is 1.75. The third-order valence-electron chi connectivity index (χ3n) is 4.15. The van der Waals surface area contributed by atoms with E-state index in [-0.39, 0.29) is 17.6 Å². The zero-order valence-electron chi connectivity index (χ0n) is 14.4. The SMILES string of the molecule is C[C@@H](NC(C)(C)CNC(=O)NC1CCSCC1)c1ccccc1. The van der Waals surface area contributed by atoms with Crippen LogP contribution in [0.1, 0.15) is 45.2 Å². The summed E-state index contributed by atoms with van der Waals surface area (Å²) in [6.45, 7) is 6.97. The highest BCUT2D eigenvalue weighted by atomic mass is 32.2. The lowest BCUT2D eigenvalue weighted by Gasteiger charge is -2.31. The molecule has 0 saturated carbocycles. The maximum Gasteiger partial charge on any atom is 0.315 e. The summed E-state index contributed by atoms with van der Waals surface area (Å²) in [7, 11) is 0. The molecule has 128 valence electrons. The normalized spacial score (nSPS) is 17.5. The van der Waals surface area contributed by atoms with Crippen molar-refractivity contribution >= 4 is 17.8 Å². The van der Waals surface area contributed by atoms with Crippen molar-refractivity contribution in [2.45, 2.75) is 51.2 Å². The van der Waals surface area contributed by atoms with Gasteiger partial charge in [0.25, 0.3) is 0 Å². The summed E-state index contributed by atoms with van der Waals surface area (Å²) in [5.41, 5.74) is 1.08. The zero-order chi connectivity index (χ0) is 16.7. The van der Waals surface area contributed by atoms with E-state index in [9.17, 15) is 4.79 Å². The van der Waals surface area contributed by atoms with Crippen LogP contribution in [-0.4, -0.2) is 35.7 Å². The first kappa shape index (κ1) is 18.1. The number of carbonyl (C=O) groups excluding carboxylic acids is 1.